The van der Waals surface area contributed by atoms with Gasteiger partial charge in [0.1, 0.15) is 11.7 Å². The Hall–Kier alpha value is -3.38. The Morgan fingerprint density at radius 2 is 1.84 bits per heavy atom. The Labute approximate surface area is 178 Å². The summed E-state index contributed by atoms with van der Waals surface area (Å²) in [5.41, 5.74) is 1.71. The van der Waals surface area contributed by atoms with E-state index in [4.69, 9.17) is 14.7 Å². The van der Waals surface area contributed by atoms with Gasteiger partial charge in [-0.15, -0.1) is 0 Å². The summed E-state index contributed by atoms with van der Waals surface area (Å²) in [6.45, 7) is 2.44. The zero-order chi connectivity index (χ0) is 21.4. The summed E-state index contributed by atoms with van der Waals surface area (Å²) in [4.78, 5) is 20.3. The fourth-order valence-corrected chi connectivity index (χ4v) is 4.25. The number of anilines is 1. The van der Waals surface area contributed by atoms with Crippen LogP contribution in [0.1, 0.15) is 0 Å². The summed E-state index contributed by atoms with van der Waals surface area (Å²) < 4.78 is 33.2. The lowest BCUT2D eigenvalue weighted by molar-refractivity contribution is 0.122. The van der Waals surface area contributed by atoms with Crippen LogP contribution in [-0.4, -0.2) is 75.3 Å². The molecule has 0 aromatic carbocycles. The largest absolute Gasteiger partial charge is 0.378 e. The van der Waals surface area contributed by atoms with Gasteiger partial charge in [0.25, 0.3) is 5.95 Å². The van der Waals surface area contributed by atoms with Crippen molar-refractivity contribution >= 4 is 26.8 Å². The molecule has 1 aliphatic heterocycles. The first-order chi connectivity index (χ1) is 15.0. The minimum absolute atomic E-state index is 0.265. The van der Waals surface area contributed by atoms with Crippen molar-refractivity contribution in [2.75, 3.05) is 37.5 Å². The molecule has 31 heavy (non-hydrogen) atoms. The van der Waals surface area contributed by atoms with E-state index in [9.17, 15) is 8.42 Å². The molecule has 5 heterocycles. The zero-order valence-electron chi connectivity index (χ0n) is 16.8. The first-order valence-corrected chi connectivity index (χ1v) is 11.7. The van der Waals surface area contributed by atoms with Crippen LogP contribution in [-0.2, 0) is 20.5 Å². The fourth-order valence-electron chi connectivity index (χ4n) is 3.54. The SMILES string of the molecule is CS(=O)(=O)Cn1c(-c2ccncc2)nc2c(N3CCOCC3)nc(-n3cccn3)nc21. The maximum atomic E-state index is 12.3. The van der Waals surface area contributed by atoms with Gasteiger partial charge in [0, 0.05) is 49.7 Å². The van der Waals surface area contributed by atoms with Gasteiger partial charge in [-0.25, -0.2) is 18.1 Å². The maximum Gasteiger partial charge on any atom is 0.254 e. The van der Waals surface area contributed by atoms with Crippen LogP contribution in [0.4, 0.5) is 5.82 Å². The Kier molecular flexibility index (Phi) is 4.87. The average Bonchev–Trinajstić information content (AvgIpc) is 3.42. The lowest BCUT2D eigenvalue weighted by atomic mass is 10.2. The van der Waals surface area contributed by atoms with Gasteiger partial charge in [0.05, 0.1) is 13.2 Å². The highest BCUT2D eigenvalue weighted by Crippen LogP contribution is 2.30. The van der Waals surface area contributed by atoms with Gasteiger partial charge in [-0.2, -0.15) is 15.1 Å². The number of sulfone groups is 1. The van der Waals surface area contributed by atoms with Crippen LogP contribution < -0.4 is 4.90 Å². The summed E-state index contributed by atoms with van der Waals surface area (Å²) in [6, 6.07) is 5.35. The number of ether oxygens (including phenoxy) is 1. The highest BCUT2D eigenvalue weighted by molar-refractivity contribution is 7.89. The van der Waals surface area contributed by atoms with E-state index in [2.05, 4.69) is 20.0 Å². The smallest absolute Gasteiger partial charge is 0.254 e. The molecule has 11 nitrogen and oxygen atoms in total. The van der Waals surface area contributed by atoms with Crippen molar-refractivity contribution in [2.45, 2.75) is 5.88 Å². The lowest BCUT2D eigenvalue weighted by Gasteiger charge is -2.28. The molecule has 4 aromatic heterocycles. The molecule has 1 aliphatic rings. The van der Waals surface area contributed by atoms with E-state index < -0.39 is 9.84 Å². The zero-order valence-corrected chi connectivity index (χ0v) is 17.6. The molecule has 0 N–H and O–H groups in total. The van der Waals surface area contributed by atoms with E-state index in [1.807, 2.05) is 0 Å². The Morgan fingerprint density at radius 3 is 2.52 bits per heavy atom. The van der Waals surface area contributed by atoms with Crippen LogP contribution >= 0.6 is 0 Å². The number of imidazole rings is 1. The topological polar surface area (TPSA) is 121 Å². The fraction of sp³-hybridized carbons (Fsp3) is 0.316. The molecule has 160 valence electrons. The van der Waals surface area contributed by atoms with Crippen LogP contribution in [0.5, 0.6) is 0 Å². The Morgan fingerprint density at radius 1 is 1.06 bits per heavy atom. The predicted octanol–water partition coefficient (Wildman–Crippen LogP) is 0.913. The quantitative estimate of drug-likeness (QED) is 0.446. The number of fused-ring (bicyclic) bond motifs is 1. The van der Waals surface area contributed by atoms with E-state index in [0.29, 0.717) is 55.1 Å². The number of nitrogens with zero attached hydrogens (tertiary/aromatic N) is 8. The molecule has 1 fully saturated rings. The van der Waals surface area contributed by atoms with Crippen LogP contribution in [0.15, 0.2) is 43.0 Å². The molecule has 0 amide bonds. The van der Waals surface area contributed by atoms with Crippen molar-refractivity contribution in [2.24, 2.45) is 0 Å². The minimum atomic E-state index is -3.38. The molecule has 0 spiro atoms. The van der Waals surface area contributed by atoms with E-state index in [-0.39, 0.29) is 5.88 Å². The summed E-state index contributed by atoms with van der Waals surface area (Å²) in [7, 11) is -3.38. The second kappa shape index (κ2) is 7.71. The van der Waals surface area contributed by atoms with E-state index in [0.717, 1.165) is 5.56 Å². The molecular weight excluding hydrogens is 420 g/mol. The Balaban J connectivity index is 1.81. The van der Waals surface area contributed by atoms with E-state index in [1.54, 1.807) is 52.2 Å². The second-order valence-electron chi connectivity index (χ2n) is 7.22. The minimum Gasteiger partial charge on any atom is -0.378 e. The van der Waals surface area contributed by atoms with Crippen LogP contribution in [0.3, 0.4) is 0 Å². The molecule has 0 saturated carbocycles. The van der Waals surface area contributed by atoms with E-state index in [1.165, 1.54) is 6.26 Å². The standard InChI is InChI=1S/C19H20N8O3S/c1-31(28,29)13-26-16(14-3-6-20-7-4-14)22-15-17(25-9-11-30-12-10-25)23-19(24-18(15)26)27-8-2-5-21-27/h2-8H,9-13H2,1H3. The molecule has 5 rings (SSSR count). The first kappa shape index (κ1) is 19.6. The van der Waals surface area contributed by atoms with Gasteiger partial charge in [0.15, 0.2) is 26.8 Å². The maximum absolute atomic E-state index is 12.3. The van der Waals surface area contributed by atoms with Crippen molar-refractivity contribution in [3.05, 3.63) is 43.0 Å². The Bertz CT molecular complexity index is 1310. The van der Waals surface area contributed by atoms with Gasteiger partial charge in [0.2, 0.25) is 0 Å². The first-order valence-electron chi connectivity index (χ1n) is 9.69. The molecular formula is C19H20N8O3S. The molecule has 0 atom stereocenters. The third-order valence-corrected chi connectivity index (χ3v) is 5.61. The second-order valence-corrected chi connectivity index (χ2v) is 9.33. The van der Waals surface area contributed by atoms with Crippen LogP contribution in [0.25, 0.3) is 28.5 Å². The van der Waals surface area contributed by atoms with Crippen molar-refractivity contribution in [1.29, 1.82) is 0 Å². The molecule has 4 aromatic rings. The summed E-state index contributed by atoms with van der Waals surface area (Å²) in [5, 5.41) is 4.24. The van der Waals surface area contributed by atoms with Gasteiger partial charge in [-0.05, 0) is 18.2 Å². The molecule has 0 radical (unpaired) electrons. The highest BCUT2D eigenvalue weighted by Gasteiger charge is 2.25. The number of hydrogen-bond acceptors (Lipinski definition) is 9. The average molecular weight is 440 g/mol. The van der Waals surface area contributed by atoms with Gasteiger partial charge < -0.3 is 9.64 Å². The normalized spacial score (nSPS) is 14.9. The number of aromatic nitrogens is 7. The monoisotopic (exact) mass is 440 g/mol. The summed E-state index contributed by atoms with van der Waals surface area (Å²) in [5.74, 6) is 1.19. The number of rotatable bonds is 5. The third-order valence-electron chi connectivity index (χ3n) is 4.89. The number of hydrogen-bond donors (Lipinski definition) is 0. The lowest BCUT2D eigenvalue weighted by Crippen LogP contribution is -2.37. The van der Waals surface area contributed by atoms with Gasteiger partial charge in [-0.3, -0.25) is 9.55 Å². The molecule has 0 aliphatic carbocycles. The van der Waals surface area contributed by atoms with Crippen molar-refractivity contribution in [1.82, 2.24) is 34.3 Å². The van der Waals surface area contributed by atoms with Crippen molar-refractivity contribution in [3.63, 3.8) is 0 Å². The molecule has 0 bridgehead atoms. The summed E-state index contributed by atoms with van der Waals surface area (Å²) >= 11 is 0. The van der Waals surface area contributed by atoms with Gasteiger partial charge >= 0.3 is 0 Å². The van der Waals surface area contributed by atoms with E-state index >= 15 is 0 Å². The molecule has 12 heteroatoms. The van der Waals surface area contributed by atoms with Crippen molar-refractivity contribution < 1.29 is 13.2 Å². The number of pyridine rings is 1. The summed E-state index contributed by atoms with van der Waals surface area (Å²) in [6.07, 6.45) is 7.85. The highest BCUT2D eigenvalue weighted by atomic mass is 32.2. The van der Waals surface area contributed by atoms with Crippen LogP contribution in [0, 0.1) is 0 Å². The predicted molar refractivity (Wildman–Crippen MR) is 114 cm³/mol. The van der Waals surface area contributed by atoms with Crippen LogP contribution in [0.2, 0.25) is 0 Å². The van der Waals surface area contributed by atoms with Gasteiger partial charge in [-0.1, -0.05) is 0 Å². The number of morpholine rings is 1. The van der Waals surface area contributed by atoms with Crippen molar-refractivity contribution in [3.8, 4) is 17.3 Å². The molecule has 1 saturated heterocycles. The third kappa shape index (κ3) is 3.86. The molecule has 0 unspecified atom stereocenters.